The minimum atomic E-state index is -3.13. The van der Waals surface area contributed by atoms with Gasteiger partial charge in [-0.2, -0.15) is 0 Å². The lowest BCUT2D eigenvalue weighted by Gasteiger charge is -2.50. The second-order valence-corrected chi connectivity index (χ2v) is 14.3. The average molecular weight is 635 g/mol. The van der Waals surface area contributed by atoms with E-state index in [1.807, 2.05) is 91.0 Å². The number of nitrogens with zero attached hydrogens (tertiary/aromatic N) is 1. The number of aliphatic hydroxyl groups excluding tert-OH is 1. The molecule has 1 fully saturated rings. The molecule has 4 aromatic rings. The summed E-state index contributed by atoms with van der Waals surface area (Å²) in [4.78, 5) is 54.3. The smallest absolute Gasteiger partial charge is 0.316 e. The Hall–Kier alpha value is -5.04. The van der Waals surface area contributed by atoms with Gasteiger partial charge in [0, 0.05) is 24.4 Å². The summed E-state index contributed by atoms with van der Waals surface area (Å²) in [7, 11) is 0. The molecule has 234 valence electrons. The summed E-state index contributed by atoms with van der Waals surface area (Å²) in [6.07, 6.45) is 0.0697. The Morgan fingerprint density at radius 2 is 1.30 bits per heavy atom. The summed E-state index contributed by atoms with van der Waals surface area (Å²) in [6, 6.07) is 33.9. The molecule has 4 aromatic carbocycles. The lowest BCUT2D eigenvalue weighted by Crippen LogP contribution is -2.67. The molecule has 0 spiro atoms. The van der Waals surface area contributed by atoms with E-state index >= 15 is 0 Å². The third kappa shape index (κ3) is 6.10. The lowest BCUT2D eigenvalue weighted by atomic mass is 9.80. The zero-order chi connectivity index (χ0) is 32.8. The largest absolute Gasteiger partial charge is 0.408 e. The van der Waals surface area contributed by atoms with Crippen molar-refractivity contribution < 1.29 is 29.0 Å². The fourth-order valence-electron chi connectivity index (χ4n) is 5.95. The van der Waals surface area contributed by atoms with Crippen molar-refractivity contribution in [3.05, 3.63) is 139 Å². The van der Waals surface area contributed by atoms with Crippen molar-refractivity contribution in [3.8, 4) is 0 Å². The molecule has 0 aliphatic carbocycles. The van der Waals surface area contributed by atoms with E-state index in [4.69, 9.17) is 10.5 Å². The molecule has 1 saturated heterocycles. The fourth-order valence-corrected chi connectivity index (χ4v) is 10.2. The molecule has 8 nitrogen and oxygen atoms in total. The monoisotopic (exact) mass is 634 g/mol. The molecule has 1 aliphatic heterocycles. The summed E-state index contributed by atoms with van der Waals surface area (Å²) in [5, 5.41) is 13.3. The Balaban J connectivity index is 1.80. The van der Waals surface area contributed by atoms with E-state index in [9.17, 15) is 24.3 Å². The zero-order valence-electron chi connectivity index (χ0n) is 25.4. The van der Waals surface area contributed by atoms with Gasteiger partial charge in [-0.3, -0.25) is 24.1 Å². The number of benzene rings is 4. The van der Waals surface area contributed by atoms with E-state index < -0.39 is 42.7 Å². The highest BCUT2D eigenvalue weighted by Gasteiger charge is 2.55. The number of primary amides is 1. The molecule has 3 N–H and O–H groups in total. The Kier molecular flexibility index (Phi) is 9.81. The van der Waals surface area contributed by atoms with Gasteiger partial charge in [0.05, 0.1) is 24.5 Å². The molecule has 1 heterocycles. The highest BCUT2D eigenvalue weighted by Crippen LogP contribution is 2.50. The first-order valence-electron chi connectivity index (χ1n) is 14.9. The molecule has 0 radical (unpaired) electrons. The fraction of sp³-hybridized carbons (Fsp3) is 0.162. The van der Waals surface area contributed by atoms with Crippen molar-refractivity contribution in [2.24, 2.45) is 11.7 Å². The van der Waals surface area contributed by atoms with Crippen molar-refractivity contribution in [3.63, 3.8) is 0 Å². The van der Waals surface area contributed by atoms with Crippen LogP contribution in [0.5, 0.6) is 0 Å². The van der Waals surface area contributed by atoms with Gasteiger partial charge in [0.15, 0.2) is 5.78 Å². The van der Waals surface area contributed by atoms with Gasteiger partial charge in [-0.05, 0) is 35.0 Å². The van der Waals surface area contributed by atoms with Crippen molar-refractivity contribution >= 4 is 52.0 Å². The standard InChI is InChI=1S/C37H35N2O6P/c1-3-13-33(42)45-37(39-31(34(25(2)40)36(39)44)24-32(41)26-20-22-27(23-21-26)35(38)43)46(28-14-7-4-8-15-28,29-16-9-5-10-17-29)30-18-11-6-12-19-30/h3-12,14-23,25,31,34,40H,1,13,24H2,2H3,(H2,38,43)/t25-,31-,34-/m1/s1. The molecule has 0 saturated carbocycles. The first kappa shape index (κ1) is 32.4. The number of amides is 2. The molecule has 1 aliphatic rings. The maximum Gasteiger partial charge on any atom is 0.316 e. The Labute approximate surface area is 268 Å². The molecule has 0 unspecified atom stereocenters. The van der Waals surface area contributed by atoms with Gasteiger partial charge in [-0.25, -0.2) is 0 Å². The van der Waals surface area contributed by atoms with Gasteiger partial charge in [0.2, 0.25) is 17.4 Å². The molecular formula is C37H35N2O6P. The number of esters is 1. The lowest BCUT2D eigenvalue weighted by molar-refractivity contribution is -0.157. The summed E-state index contributed by atoms with van der Waals surface area (Å²) < 4.78 is 6.30. The van der Waals surface area contributed by atoms with E-state index in [2.05, 4.69) is 6.58 Å². The number of hydrogen-bond acceptors (Lipinski definition) is 6. The molecular weight excluding hydrogens is 599 g/mol. The van der Waals surface area contributed by atoms with E-state index in [-0.39, 0.29) is 29.8 Å². The van der Waals surface area contributed by atoms with Crippen LogP contribution < -0.4 is 21.6 Å². The number of nitrogens with two attached hydrogens (primary N) is 1. The SMILES string of the molecule is C=CCC(=O)OC(N1C(=O)[C@H]([C@@H](C)O)[C@H]1CC(=O)c1ccc(C(N)=O)cc1)=P(c1ccccc1)(c1ccccc1)c1ccccc1. The van der Waals surface area contributed by atoms with Crippen LogP contribution in [-0.4, -0.2) is 51.3 Å². The topological polar surface area (TPSA) is 127 Å². The normalized spacial score (nSPS) is 16.6. The second-order valence-electron chi connectivity index (χ2n) is 11.0. The van der Waals surface area contributed by atoms with Gasteiger partial charge in [-0.1, -0.05) is 109 Å². The predicted molar refractivity (Wildman–Crippen MR) is 181 cm³/mol. The van der Waals surface area contributed by atoms with Crippen LogP contribution in [0.1, 0.15) is 40.5 Å². The van der Waals surface area contributed by atoms with Gasteiger partial charge >= 0.3 is 5.97 Å². The van der Waals surface area contributed by atoms with Crippen molar-refractivity contribution in [2.45, 2.75) is 31.9 Å². The van der Waals surface area contributed by atoms with Crippen LogP contribution >= 0.6 is 6.89 Å². The second kappa shape index (κ2) is 13.9. The maximum atomic E-state index is 14.2. The maximum absolute atomic E-state index is 14.2. The van der Waals surface area contributed by atoms with E-state index in [1.165, 1.54) is 42.2 Å². The zero-order valence-corrected chi connectivity index (χ0v) is 26.3. The first-order chi connectivity index (χ1) is 22.2. The molecule has 9 heteroatoms. The summed E-state index contributed by atoms with van der Waals surface area (Å²) in [5.41, 5.74) is 6.06. The van der Waals surface area contributed by atoms with Crippen molar-refractivity contribution in [1.29, 1.82) is 0 Å². The highest BCUT2D eigenvalue weighted by atomic mass is 31.2. The molecule has 0 bridgehead atoms. The summed E-state index contributed by atoms with van der Waals surface area (Å²) >= 11 is 0. The van der Waals surface area contributed by atoms with Crippen LogP contribution in [0.3, 0.4) is 0 Å². The quantitative estimate of drug-likeness (QED) is 0.0804. The predicted octanol–water partition coefficient (Wildman–Crippen LogP) is 3.77. The molecule has 2 amide bonds. The first-order valence-corrected chi connectivity index (χ1v) is 16.7. The number of aliphatic hydroxyl groups is 1. The Bertz CT molecular complexity index is 1700. The molecule has 46 heavy (non-hydrogen) atoms. The number of carbonyl (C=O) groups excluding carboxylic acids is 4. The average Bonchev–Trinajstić information content (AvgIpc) is 3.06. The highest BCUT2D eigenvalue weighted by molar-refractivity contribution is 7.95. The number of likely N-dealkylation sites (tertiary alicyclic amines) is 1. The van der Waals surface area contributed by atoms with E-state index in [0.717, 1.165) is 15.9 Å². The van der Waals surface area contributed by atoms with Crippen molar-refractivity contribution in [1.82, 2.24) is 4.90 Å². The minimum Gasteiger partial charge on any atom is -0.408 e. The van der Waals surface area contributed by atoms with Crippen LogP contribution in [0.4, 0.5) is 0 Å². The van der Waals surface area contributed by atoms with Crippen molar-refractivity contribution in [2.75, 3.05) is 0 Å². The number of carbonyl (C=O) groups is 4. The van der Waals surface area contributed by atoms with Crippen LogP contribution in [-0.2, 0) is 14.3 Å². The molecule has 3 atom stereocenters. The Morgan fingerprint density at radius 3 is 1.72 bits per heavy atom. The van der Waals surface area contributed by atoms with Gasteiger partial charge in [0.1, 0.15) is 0 Å². The number of Topliss-reactive ketones (excluding diaryl/α,β-unsaturated/α-hetero) is 1. The third-order valence-corrected chi connectivity index (χ3v) is 12.2. The van der Waals surface area contributed by atoms with Gasteiger partial charge < -0.3 is 15.6 Å². The van der Waals surface area contributed by atoms with Gasteiger partial charge in [0.25, 0.3) is 0 Å². The number of rotatable bonds is 12. The van der Waals surface area contributed by atoms with Crippen LogP contribution in [0.2, 0.25) is 0 Å². The van der Waals surface area contributed by atoms with Crippen LogP contribution in [0.25, 0.3) is 0 Å². The number of β-lactam (4-membered cyclic amide) rings is 1. The van der Waals surface area contributed by atoms with E-state index in [0.29, 0.717) is 5.56 Å². The molecule has 0 aromatic heterocycles. The summed E-state index contributed by atoms with van der Waals surface area (Å²) in [5.74, 6) is -2.93. The number of ether oxygens (including phenoxy) is 1. The minimum absolute atomic E-state index is 0.112. The number of ketones is 1. The third-order valence-electron chi connectivity index (χ3n) is 8.11. The summed E-state index contributed by atoms with van der Waals surface area (Å²) in [6.45, 7) is 2.07. The van der Waals surface area contributed by atoms with Crippen LogP contribution in [0, 0.1) is 5.92 Å². The van der Waals surface area contributed by atoms with Crippen LogP contribution in [0.15, 0.2) is 128 Å². The van der Waals surface area contributed by atoms with E-state index in [1.54, 1.807) is 0 Å². The Morgan fingerprint density at radius 1 is 0.848 bits per heavy atom. The number of hydrogen-bond donors (Lipinski definition) is 2. The van der Waals surface area contributed by atoms with Gasteiger partial charge in [-0.15, -0.1) is 6.58 Å². The molecule has 5 rings (SSSR count).